The lowest BCUT2D eigenvalue weighted by atomic mass is 9.94. The quantitative estimate of drug-likeness (QED) is 0.149. The van der Waals surface area contributed by atoms with Crippen molar-refractivity contribution in [2.75, 3.05) is 33.8 Å². The van der Waals surface area contributed by atoms with Crippen LogP contribution in [-0.2, 0) is 9.59 Å². The first kappa shape index (κ1) is 27.7. The zero-order valence-corrected chi connectivity index (χ0v) is 22.6. The Hall–Kier alpha value is -4.36. The molecule has 1 unspecified atom stereocenters. The molecule has 1 heterocycles. The molecule has 3 aromatic carbocycles. The van der Waals surface area contributed by atoms with Crippen LogP contribution < -0.4 is 9.47 Å². The van der Waals surface area contributed by atoms with E-state index in [0.717, 1.165) is 12.1 Å². The number of aliphatic hydroxyl groups excluding tert-OH is 1. The van der Waals surface area contributed by atoms with E-state index in [2.05, 4.69) is 6.58 Å². The third kappa shape index (κ3) is 6.38. The molecule has 0 spiro atoms. The van der Waals surface area contributed by atoms with Crippen LogP contribution in [-0.4, -0.2) is 60.4 Å². The molecule has 0 saturated carbocycles. The van der Waals surface area contributed by atoms with Crippen molar-refractivity contribution >= 4 is 17.4 Å². The molecule has 3 aromatic rings. The molecule has 0 radical (unpaired) electrons. The summed E-state index contributed by atoms with van der Waals surface area (Å²) < 4.78 is 11.7. The minimum Gasteiger partial charge on any atom is -0.507 e. The first-order valence-corrected chi connectivity index (χ1v) is 12.9. The summed E-state index contributed by atoms with van der Waals surface area (Å²) in [5, 5.41) is 11.5. The van der Waals surface area contributed by atoms with E-state index < -0.39 is 17.7 Å². The molecular weight excluding hydrogens is 492 g/mol. The van der Waals surface area contributed by atoms with Gasteiger partial charge in [0.25, 0.3) is 11.7 Å². The average Bonchev–Trinajstić information content (AvgIpc) is 3.17. The van der Waals surface area contributed by atoms with E-state index >= 15 is 0 Å². The zero-order valence-electron chi connectivity index (χ0n) is 22.6. The summed E-state index contributed by atoms with van der Waals surface area (Å²) in [7, 11) is 3.92. The maximum absolute atomic E-state index is 13.4. The van der Waals surface area contributed by atoms with Crippen LogP contribution in [0.5, 0.6) is 17.2 Å². The zero-order chi connectivity index (χ0) is 27.9. The normalized spacial score (nSPS) is 16.5. The molecule has 1 fully saturated rings. The monoisotopic (exact) mass is 526 g/mol. The number of amides is 1. The molecule has 7 nitrogen and oxygen atoms in total. The van der Waals surface area contributed by atoms with Crippen molar-refractivity contribution < 1.29 is 24.2 Å². The molecule has 1 aliphatic heterocycles. The second-order valence-corrected chi connectivity index (χ2v) is 9.72. The lowest BCUT2D eigenvalue weighted by Gasteiger charge is -2.26. The summed E-state index contributed by atoms with van der Waals surface area (Å²) in [5.41, 5.74) is 1.96. The summed E-state index contributed by atoms with van der Waals surface area (Å²) in [4.78, 5) is 30.3. The number of ether oxygens (including phenoxy) is 2. The molecule has 1 amide bonds. The lowest BCUT2D eigenvalue weighted by molar-refractivity contribution is -0.139. The number of aryl methyl sites for hydroxylation is 1. The number of hydrogen-bond donors (Lipinski definition) is 1. The highest BCUT2D eigenvalue weighted by molar-refractivity contribution is 6.46. The number of rotatable bonds is 11. The van der Waals surface area contributed by atoms with Gasteiger partial charge in [0.05, 0.1) is 11.6 Å². The topological polar surface area (TPSA) is 79.3 Å². The Morgan fingerprint density at radius 2 is 1.77 bits per heavy atom. The number of nitrogens with zero attached hydrogens (tertiary/aromatic N) is 2. The molecule has 1 aliphatic rings. The van der Waals surface area contributed by atoms with Gasteiger partial charge in [0.15, 0.2) is 0 Å². The largest absolute Gasteiger partial charge is 0.507 e. The smallest absolute Gasteiger partial charge is 0.295 e. The number of likely N-dealkylation sites (tertiary alicyclic amines) is 1. The van der Waals surface area contributed by atoms with Gasteiger partial charge in [-0.05, 0) is 87.6 Å². The highest BCUT2D eigenvalue weighted by Gasteiger charge is 2.46. The van der Waals surface area contributed by atoms with E-state index in [-0.39, 0.29) is 11.3 Å². The van der Waals surface area contributed by atoms with E-state index in [1.54, 1.807) is 29.2 Å². The van der Waals surface area contributed by atoms with Crippen molar-refractivity contribution in [2.24, 2.45) is 0 Å². The Bertz CT molecular complexity index is 1380. The predicted octanol–water partition coefficient (Wildman–Crippen LogP) is 5.73. The molecule has 39 heavy (non-hydrogen) atoms. The number of para-hydroxylation sites is 1. The molecule has 202 valence electrons. The first-order chi connectivity index (χ1) is 18.8. The number of ketones is 1. The van der Waals surface area contributed by atoms with Gasteiger partial charge in [0.1, 0.15) is 29.6 Å². The maximum atomic E-state index is 13.4. The fourth-order valence-corrected chi connectivity index (χ4v) is 4.65. The second kappa shape index (κ2) is 12.5. The summed E-state index contributed by atoms with van der Waals surface area (Å²) in [6, 6.07) is 21.1. The van der Waals surface area contributed by atoms with Crippen molar-refractivity contribution in [3.63, 3.8) is 0 Å². The van der Waals surface area contributed by atoms with E-state index in [1.165, 1.54) is 0 Å². The van der Waals surface area contributed by atoms with Crippen LogP contribution in [0.25, 0.3) is 5.76 Å². The Balaban J connectivity index is 1.76. The molecule has 4 rings (SSSR count). The van der Waals surface area contributed by atoms with Crippen LogP contribution in [0, 0.1) is 6.92 Å². The summed E-state index contributed by atoms with van der Waals surface area (Å²) >= 11 is 0. The molecule has 1 saturated heterocycles. The Morgan fingerprint density at radius 3 is 2.46 bits per heavy atom. The lowest BCUT2D eigenvalue weighted by Crippen LogP contribution is -2.32. The van der Waals surface area contributed by atoms with E-state index in [0.29, 0.717) is 47.9 Å². The fraction of sp³-hybridized carbons (Fsp3) is 0.250. The molecule has 0 aromatic heterocycles. The summed E-state index contributed by atoms with van der Waals surface area (Å²) in [6.45, 7) is 6.99. The van der Waals surface area contributed by atoms with E-state index in [9.17, 15) is 14.7 Å². The Morgan fingerprint density at radius 1 is 1.03 bits per heavy atom. The molecule has 7 heteroatoms. The van der Waals surface area contributed by atoms with Gasteiger partial charge in [0, 0.05) is 12.1 Å². The van der Waals surface area contributed by atoms with Gasteiger partial charge < -0.3 is 24.4 Å². The van der Waals surface area contributed by atoms with Crippen LogP contribution in [0.4, 0.5) is 0 Å². The van der Waals surface area contributed by atoms with Crippen molar-refractivity contribution in [3.05, 3.63) is 108 Å². The van der Waals surface area contributed by atoms with Crippen LogP contribution in [0.1, 0.15) is 29.2 Å². The minimum atomic E-state index is -0.761. The van der Waals surface area contributed by atoms with Crippen molar-refractivity contribution in [2.45, 2.75) is 19.4 Å². The van der Waals surface area contributed by atoms with Crippen molar-refractivity contribution in [1.82, 2.24) is 9.80 Å². The maximum Gasteiger partial charge on any atom is 0.295 e. The number of carbonyl (C=O) groups is 2. The Labute approximate surface area is 229 Å². The number of hydrogen-bond acceptors (Lipinski definition) is 6. The second-order valence-electron chi connectivity index (χ2n) is 9.72. The molecular formula is C32H34N2O5. The molecule has 0 bridgehead atoms. The third-order valence-electron chi connectivity index (χ3n) is 6.50. The van der Waals surface area contributed by atoms with Gasteiger partial charge in [-0.25, -0.2) is 0 Å². The highest BCUT2D eigenvalue weighted by atomic mass is 16.5. The van der Waals surface area contributed by atoms with Gasteiger partial charge in [-0.1, -0.05) is 43.0 Å². The SMILES string of the molecule is C=CCOc1ccc(/C(O)=C2\C(=O)C(=O)N(CCCN(C)C)C2c2cccc(Oc3ccccc3)c2)cc1C. The Kier molecular flexibility index (Phi) is 8.84. The minimum absolute atomic E-state index is 0.0564. The van der Waals surface area contributed by atoms with Gasteiger partial charge in [-0.2, -0.15) is 0 Å². The van der Waals surface area contributed by atoms with Crippen molar-refractivity contribution in [1.29, 1.82) is 0 Å². The number of Topliss-reactive ketones (excluding diaryl/α,β-unsaturated/α-hetero) is 1. The van der Waals surface area contributed by atoms with E-state index in [1.807, 2.05) is 80.5 Å². The predicted molar refractivity (Wildman–Crippen MR) is 152 cm³/mol. The molecule has 0 aliphatic carbocycles. The summed E-state index contributed by atoms with van der Waals surface area (Å²) in [6.07, 6.45) is 2.33. The van der Waals surface area contributed by atoms with Gasteiger partial charge in [0.2, 0.25) is 0 Å². The molecule has 1 N–H and O–H groups in total. The van der Waals surface area contributed by atoms with Gasteiger partial charge in [-0.3, -0.25) is 9.59 Å². The molecule has 1 atom stereocenters. The highest BCUT2D eigenvalue weighted by Crippen LogP contribution is 2.41. The average molecular weight is 527 g/mol. The van der Waals surface area contributed by atoms with Crippen LogP contribution in [0.3, 0.4) is 0 Å². The standard InChI is InChI=1S/C32H34N2O5/c1-5-19-38-27-16-15-24(20-22(27)2)30(35)28-29(34(32(37)31(28)36)18-10-17-33(3)4)23-11-9-14-26(21-23)39-25-12-7-6-8-13-25/h5-9,11-16,20-21,29,35H,1,10,17-19H2,2-4H3/b30-28+. The van der Waals surface area contributed by atoms with Gasteiger partial charge in [-0.15, -0.1) is 0 Å². The number of benzene rings is 3. The first-order valence-electron chi connectivity index (χ1n) is 12.9. The van der Waals surface area contributed by atoms with E-state index in [4.69, 9.17) is 9.47 Å². The fourth-order valence-electron chi connectivity index (χ4n) is 4.65. The van der Waals surface area contributed by atoms with Crippen LogP contribution in [0.2, 0.25) is 0 Å². The van der Waals surface area contributed by atoms with Crippen molar-refractivity contribution in [3.8, 4) is 17.2 Å². The summed E-state index contributed by atoms with van der Waals surface area (Å²) in [5.74, 6) is 0.332. The van der Waals surface area contributed by atoms with Crippen LogP contribution in [0.15, 0.2) is 91.0 Å². The number of aliphatic hydroxyl groups is 1. The third-order valence-corrected chi connectivity index (χ3v) is 6.50. The number of carbonyl (C=O) groups excluding carboxylic acids is 2. The van der Waals surface area contributed by atoms with Gasteiger partial charge >= 0.3 is 0 Å². The van der Waals surface area contributed by atoms with Crippen LogP contribution >= 0.6 is 0 Å².